The van der Waals surface area contributed by atoms with Gasteiger partial charge in [-0.2, -0.15) is 5.10 Å². The second-order valence-corrected chi connectivity index (χ2v) is 7.70. The van der Waals surface area contributed by atoms with Crippen LogP contribution in [-0.2, 0) is 14.6 Å². The number of aromatic nitrogens is 2. The molecular weight excluding hydrogens is 398 g/mol. The Bertz CT molecular complexity index is 948. The lowest BCUT2D eigenvalue weighted by Gasteiger charge is -2.07. The molecule has 0 saturated heterocycles. The highest BCUT2D eigenvalue weighted by atomic mass is 79.9. The monoisotopic (exact) mass is 411 g/mol. The Kier molecular flexibility index (Phi) is 5.05. The van der Waals surface area contributed by atoms with E-state index in [1.165, 1.54) is 30.0 Å². The van der Waals surface area contributed by atoms with E-state index < -0.39 is 15.8 Å². The van der Waals surface area contributed by atoms with E-state index in [1.807, 2.05) is 0 Å². The van der Waals surface area contributed by atoms with Gasteiger partial charge in [0.2, 0.25) is 0 Å². The number of rotatable bonds is 5. The quantitative estimate of drug-likeness (QED) is 0.557. The summed E-state index contributed by atoms with van der Waals surface area (Å²) in [6.45, 7) is 7.12. The Morgan fingerprint density at radius 1 is 1.42 bits per heavy atom. The highest BCUT2D eigenvalue weighted by Crippen LogP contribution is 2.30. The number of methoxy groups -OCH3 is 1. The Morgan fingerprint density at radius 3 is 2.58 bits per heavy atom. The average molecular weight is 412 g/mol. The third kappa shape index (κ3) is 3.31. The number of halogens is 1. The third-order valence-corrected chi connectivity index (χ3v) is 4.71. The Balaban J connectivity index is 2.80. The zero-order valence-electron chi connectivity index (χ0n) is 13.0. The number of sulfone groups is 1. The maximum absolute atomic E-state index is 11.9. The molecule has 0 fully saturated rings. The molecule has 1 aromatic carbocycles. The molecule has 0 radical (unpaired) electrons. The van der Waals surface area contributed by atoms with Crippen LogP contribution in [0.4, 0.5) is 5.82 Å². The van der Waals surface area contributed by atoms with Gasteiger partial charge in [-0.25, -0.2) is 22.9 Å². The minimum Gasteiger partial charge on any atom is -0.464 e. The number of benzene rings is 1. The van der Waals surface area contributed by atoms with E-state index >= 15 is 0 Å². The summed E-state index contributed by atoms with van der Waals surface area (Å²) in [4.78, 5) is 15.9. The number of carbonyl (C=O) groups excluding carboxylic acids is 1. The number of esters is 1. The highest BCUT2D eigenvalue weighted by molar-refractivity contribution is 9.10. The van der Waals surface area contributed by atoms with Crippen LogP contribution in [0.5, 0.6) is 0 Å². The first-order chi connectivity index (χ1) is 11.2. The molecule has 0 saturated carbocycles. The molecular formula is C15H14BrN3O4S. The average Bonchev–Trinajstić information content (AvgIpc) is 2.91. The summed E-state index contributed by atoms with van der Waals surface area (Å²) < 4.78 is 30.2. The molecule has 0 bridgehead atoms. The largest absolute Gasteiger partial charge is 0.464 e. The van der Waals surface area contributed by atoms with Crippen molar-refractivity contribution < 1.29 is 17.9 Å². The molecule has 2 rings (SSSR count). The van der Waals surface area contributed by atoms with Crippen LogP contribution in [0, 0.1) is 0 Å². The first-order valence-electron chi connectivity index (χ1n) is 6.54. The molecule has 0 spiro atoms. The van der Waals surface area contributed by atoms with Crippen LogP contribution in [-0.4, -0.2) is 44.3 Å². The second kappa shape index (κ2) is 6.70. The maximum atomic E-state index is 11.9. The molecule has 0 atom stereocenters. The number of hydrogen-bond donors (Lipinski definition) is 0. The summed E-state index contributed by atoms with van der Waals surface area (Å²) in [6.07, 6.45) is 2.51. The van der Waals surface area contributed by atoms with Crippen molar-refractivity contribution in [1.29, 1.82) is 0 Å². The molecule has 126 valence electrons. The van der Waals surface area contributed by atoms with Gasteiger partial charge in [0.15, 0.2) is 21.3 Å². The molecule has 0 aliphatic rings. The molecule has 1 heterocycles. The van der Waals surface area contributed by atoms with Crippen molar-refractivity contribution in [3.05, 3.63) is 40.5 Å². The van der Waals surface area contributed by atoms with Gasteiger partial charge in [-0.05, 0) is 24.9 Å². The summed E-state index contributed by atoms with van der Waals surface area (Å²) in [7, 11) is -2.20. The van der Waals surface area contributed by atoms with Crippen LogP contribution < -0.4 is 0 Å². The molecule has 1 aromatic heterocycles. The minimum atomic E-state index is -3.43. The second-order valence-electron chi connectivity index (χ2n) is 4.77. The topological polar surface area (TPSA) is 90.6 Å². The number of ether oxygens (including phenoxy) is 1. The van der Waals surface area contributed by atoms with E-state index in [0.29, 0.717) is 15.7 Å². The summed E-state index contributed by atoms with van der Waals surface area (Å²) in [6, 6.07) is 4.54. The molecule has 24 heavy (non-hydrogen) atoms. The van der Waals surface area contributed by atoms with Crippen molar-refractivity contribution in [3.8, 4) is 5.69 Å². The van der Waals surface area contributed by atoms with Gasteiger partial charge >= 0.3 is 5.97 Å². The molecule has 7 nitrogen and oxygen atoms in total. The smallest absolute Gasteiger partial charge is 0.359 e. The van der Waals surface area contributed by atoms with Gasteiger partial charge in [0, 0.05) is 10.7 Å². The zero-order chi connectivity index (χ0) is 18.1. The van der Waals surface area contributed by atoms with E-state index in [4.69, 9.17) is 4.74 Å². The van der Waals surface area contributed by atoms with E-state index in [-0.39, 0.29) is 16.4 Å². The van der Waals surface area contributed by atoms with Crippen LogP contribution in [0.2, 0.25) is 0 Å². The zero-order valence-corrected chi connectivity index (χ0v) is 15.4. The van der Waals surface area contributed by atoms with Crippen molar-refractivity contribution in [3.63, 3.8) is 0 Å². The number of hydrogen-bond acceptors (Lipinski definition) is 6. The number of aliphatic imine (C=N–C) groups is 1. The van der Waals surface area contributed by atoms with Gasteiger partial charge in [0.25, 0.3) is 0 Å². The first kappa shape index (κ1) is 18.1. The summed E-state index contributed by atoms with van der Waals surface area (Å²) >= 11 is 3.27. The Labute approximate surface area is 147 Å². The van der Waals surface area contributed by atoms with E-state index in [1.54, 1.807) is 6.07 Å². The van der Waals surface area contributed by atoms with E-state index in [9.17, 15) is 13.2 Å². The number of nitrogens with zero attached hydrogens (tertiary/aromatic N) is 3. The summed E-state index contributed by atoms with van der Waals surface area (Å²) in [5.74, 6) is -0.408. The lowest BCUT2D eigenvalue weighted by atomic mass is 10.2. The summed E-state index contributed by atoms with van der Waals surface area (Å²) in [5.41, 5.74) is 0.749. The fourth-order valence-electron chi connectivity index (χ4n) is 2.07. The van der Waals surface area contributed by atoms with Crippen molar-refractivity contribution in [2.45, 2.75) is 4.90 Å². The fraction of sp³-hybridized carbons (Fsp3) is 0.133. The van der Waals surface area contributed by atoms with Crippen LogP contribution >= 0.6 is 15.9 Å². The Morgan fingerprint density at radius 2 is 2.08 bits per heavy atom. The lowest BCUT2D eigenvalue weighted by molar-refractivity contribution is 0.0593. The fourth-order valence-corrected chi connectivity index (χ4v) is 3.38. The van der Waals surface area contributed by atoms with Crippen LogP contribution in [0.15, 0.2) is 39.1 Å². The maximum Gasteiger partial charge on any atom is 0.359 e. The SMILES string of the molecule is C=Cc1c(C(=O)OC)nn(-c2cc(Br)cc(S(C)(=O)=O)c2)c1N=C. The van der Waals surface area contributed by atoms with Gasteiger partial charge in [-0.1, -0.05) is 28.6 Å². The van der Waals surface area contributed by atoms with Crippen molar-refractivity contribution in [1.82, 2.24) is 9.78 Å². The van der Waals surface area contributed by atoms with Gasteiger partial charge in [0.05, 0.1) is 23.3 Å². The Hall–Kier alpha value is -2.26. The van der Waals surface area contributed by atoms with Crippen molar-refractivity contribution >= 4 is 50.3 Å². The standard InChI is InChI=1S/C15H14BrN3O4S/c1-5-12-13(15(20)23-3)18-19(14(12)17-2)10-6-9(16)7-11(8-10)24(4,21)22/h5-8H,1-2H2,3-4H3. The van der Waals surface area contributed by atoms with Gasteiger partial charge in [-0.15, -0.1) is 0 Å². The third-order valence-electron chi connectivity index (χ3n) is 3.16. The number of carbonyl (C=O) groups is 1. The van der Waals surface area contributed by atoms with Crippen molar-refractivity contribution in [2.24, 2.45) is 4.99 Å². The van der Waals surface area contributed by atoms with Crippen molar-refractivity contribution in [2.75, 3.05) is 13.4 Å². The molecule has 0 unspecified atom stereocenters. The molecule has 0 amide bonds. The normalized spacial score (nSPS) is 11.1. The molecule has 0 aliphatic heterocycles. The van der Waals surface area contributed by atoms with Crippen LogP contribution in [0.1, 0.15) is 16.1 Å². The predicted octanol–water partition coefficient (Wildman–Crippen LogP) is 2.80. The molecule has 0 aliphatic carbocycles. The predicted molar refractivity (Wildman–Crippen MR) is 95.0 cm³/mol. The first-order valence-corrected chi connectivity index (χ1v) is 9.23. The van der Waals surface area contributed by atoms with Crippen LogP contribution in [0.3, 0.4) is 0 Å². The van der Waals surface area contributed by atoms with Gasteiger partial charge in [0.1, 0.15) is 0 Å². The minimum absolute atomic E-state index is 0.00998. The molecule has 2 aromatic rings. The lowest BCUT2D eigenvalue weighted by Crippen LogP contribution is -2.06. The van der Waals surface area contributed by atoms with E-state index in [0.717, 1.165) is 6.26 Å². The molecule has 9 heteroatoms. The highest BCUT2D eigenvalue weighted by Gasteiger charge is 2.23. The molecule has 0 N–H and O–H groups in total. The summed E-state index contributed by atoms with van der Waals surface area (Å²) in [5, 5.41) is 4.18. The van der Waals surface area contributed by atoms with Gasteiger partial charge in [-0.3, -0.25) is 0 Å². The van der Waals surface area contributed by atoms with E-state index in [2.05, 4.69) is 39.3 Å². The van der Waals surface area contributed by atoms with Crippen LogP contribution in [0.25, 0.3) is 11.8 Å². The van der Waals surface area contributed by atoms with Gasteiger partial charge < -0.3 is 4.74 Å².